The van der Waals surface area contributed by atoms with Gasteiger partial charge in [-0.05, 0) is 56.2 Å². The molecule has 0 aliphatic rings. The fourth-order valence-electron chi connectivity index (χ4n) is 2.20. The van der Waals surface area contributed by atoms with E-state index in [-0.39, 0.29) is 0 Å². The molecule has 7 nitrogen and oxygen atoms in total. The Morgan fingerprint density at radius 3 is 2.24 bits per heavy atom. The van der Waals surface area contributed by atoms with Gasteiger partial charge in [0, 0.05) is 33.2 Å². The van der Waals surface area contributed by atoms with Gasteiger partial charge < -0.3 is 16.1 Å². The molecule has 0 aromatic heterocycles. The summed E-state index contributed by atoms with van der Waals surface area (Å²) in [5.41, 5.74) is 7.70. The van der Waals surface area contributed by atoms with Crippen LogP contribution in [0, 0.1) is 13.8 Å². The first-order chi connectivity index (χ1) is 13.7. The van der Waals surface area contributed by atoms with E-state index in [2.05, 4.69) is 21.5 Å². The van der Waals surface area contributed by atoms with Crippen molar-refractivity contribution in [1.29, 1.82) is 0 Å². The summed E-state index contributed by atoms with van der Waals surface area (Å²) in [5.74, 6) is -2.24. The standard InChI is InChI=1S/C20H20Cl2N4O3/c1-11-5-7-15(10-16(11)22)23-19(28)20(29)26-25-13(3)8-18(27)24-17-9-14(21)6-4-12(17)2/h4-10,25H,1-3H3,(H,23,28)(H,24,27)(H,26,29). The number of allylic oxidation sites excluding steroid dienone is 1. The molecule has 0 saturated heterocycles. The van der Waals surface area contributed by atoms with Crippen LogP contribution in [-0.2, 0) is 14.4 Å². The lowest BCUT2D eigenvalue weighted by Gasteiger charge is -2.10. The zero-order valence-electron chi connectivity index (χ0n) is 16.0. The average Bonchev–Trinajstić information content (AvgIpc) is 2.65. The van der Waals surface area contributed by atoms with Gasteiger partial charge in [-0.25, -0.2) is 0 Å². The Balaban J connectivity index is 1.87. The van der Waals surface area contributed by atoms with Gasteiger partial charge in [-0.15, -0.1) is 0 Å². The quantitative estimate of drug-likeness (QED) is 0.327. The molecule has 0 aliphatic heterocycles. The Hall–Kier alpha value is -3.03. The first-order valence-corrected chi connectivity index (χ1v) is 9.30. The SMILES string of the molecule is CC(=CC(=O)Nc1cc(Cl)ccc1C)NNC(=O)C(=O)Nc1ccc(C)c(Cl)c1. The monoisotopic (exact) mass is 434 g/mol. The maximum atomic E-state index is 12.1. The van der Waals surface area contributed by atoms with Crippen LogP contribution in [0.25, 0.3) is 0 Å². The summed E-state index contributed by atoms with van der Waals surface area (Å²) in [6.45, 7) is 5.21. The van der Waals surface area contributed by atoms with Crippen LogP contribution >= 0.6 is 23.2 Å². The minimum atomic E-state index is -0.930. The Bertz CT molecular complexity index is 990. The number of anilines is 2. The summed E-state index contributed by atoms with van der Waals surface area (Å²) >= 11 is 11.9. The third-order valence-electron chi connectivity index (χ3n) is 3.81. The highest BCUT2D eigenvalue weighted by Crippen LogP contribution is 2.20. The second-order valence-corrected chi connectivity index (χ2v) is 7.12. The lowest BCUT2D eigenvalue weighted by atomic mass is 10.2. The van der Waals surface area contributed by atoms with Gasteiger partial charge in [0.25, 0.3) is 0 Å². The number of hydrogen-bond acceptors (Lipinski definition) is 4. The fraction of sp³-hybridized carbons (Fsp3) is 0.150. The molecule has 29 heavy (non-hydrogen) atoms. The topological polar surface area (TPSA) is 99.3 Å². The number of benzene rings is 2. The molecule has 2 rings (SSSR count). The summed E-state index contributed by atoms with van der Waals surface area (Å²) < 4.78 is 0. The molecule has 0 bridgehead atoms. The van der Waals surface area contributed by atoms with Gasteiger partial charge in [0.05, 0.1) is 0 Å². The van der Waals surface area contributed by atoms with Crippen LogP contribution in [0.1, 0.15) is 18.1 Å². The Kier molecular flexibility index (Phi) is 7.64. The van der Waals surface area contributed by atoms with Gasteiger partial charge >= 0.3 is 11.8 Å². The second kappa shape index (κ2) is 9.95. The average molecular weight is 435 g/mol. The predicted octanol–water partition coefficient (Wildman–Crippen LogP) is 3.71. The molecule has 0 heterocycles. The molecule has 0 unspecified atom stereocenters. The summed E-state index contributed by atoms with van der Waals surface area (Å²) in [6.07, 6.45) is 1.23. The highest BCUT2D eigenvalue weighted by atomic mass is 35.5. The Labute approximate surface area is 178 Å². The lowest BCUT2D eigenvalue weighted by Crippen LogP contribution is -2.43. The number of amides is 3. The van der Waals surface area contributed by atoms with E-state index < -0.39 is 17.7 Å². The van der Waals surface area contributed by atoms with Gasteiger partial charge in [0.15, 0.2) is 0 Å². The third kappa shape index (κ3) is 6.81. The molecule has 2 aromatic rings. The highest BCUT2D eigenvalue weighted by molar-refractivity contribution is 6.39. The molecule has 0 radical (unpaired) electrons. The predicted molar refractivity (Wildman–Crippen MR) is 115 cm³/mol. The fourth-order valence-corrected chi connectivity index (χ4v) is 2.55. The van der Waals surface area contributed by atoms with Crippen molar-refractivity contribution in [2.75, 3.05) is 10.6 Å². The van der Waals surface area contributed by atoms with E-state index in [4.69, 9.17) is 23.2 Å². The number of halogens is 2. The van der Waals surface area contributed by atoms with Crippen LogP contribution in [0.3, 0.4) is 0 Å². The maximum absolute atomic E-state index is 12.1. The number of aryl methyl sites for hydroxylation is 2. The summed E-state index contributed by atoms with van der Waals surface area (Å²) in [4.78, 5) is 35.9. The van der Waals surface area contributed by atoms with E-state index in [9.17, 15) is 14.4 Å². The first kappa shape index (κ1) is 22.3. The molecule has 0 saturated carbocycles. The largest absolute Gasteiger partial charge is 0.327 e. The smallest absolute Gasteiger partial charge is 0.322 e. The van der Waals surface area contributed by atoms with Gasteiger partial charge in [-0.1, -0.05) is 35.3 Å². The third-order valence-corrected chi connectivity index (χ3v) is 4.46. The minimum Gasteiger partial charge on any atom is -0.322 e. The Morgan fingerprint density at radius 2 is 1.55 bits per heavy atom. The van der Waals surface area contributed by atoms with Crippen LogP contribution in [0.2, 0.25) is 10.0 Å². The van der Waals surface area contributed by atoms with Gasteiger partial charge in [-0.2, -0.15) is 0 Å². The molecule has 0 aliphatic carbocycles. The van der Waals surface area contributed by atoms with Crippen molar-refractivity contribution in [2.24, 2.45) is 0 Å². The molecule has 2 aromatic carbocycles. The first-order valence-electron chi connectivity index (χ1n) is 8.54. The van der Waals surface area contributed by atoms with Crippen LogP contribution in [-0.4, -0.2) is 17.7 Å². The number of carbonyl (C=O) groups excluding carboxylic acids is 3. The van der Waals surface area contributed by atoms with Crippen LogP contribution < -0.4 is 21.5 Å². The summed E-state index contributed by atoms with van der Waals surface area (Å²) in [7, 11) is 0. The normalized spacial score (nSPS) is 10.9. The molecule has 152 valence electrons. The zero-order valence-corrected chi connectivity index (χ0v) is 17.5. The minimum absolute atomic E-state index is 0.321. The van der Waals surface area contributed by atoms with Crippen molar-refractivity contribution in [1.82, 2.24) is 10.9 Å². The number of hydrazine groups is 1. The van der Waals surface area contributed by atoms with Crippen molar-refractivity contribution in [3.8, 4) is 0 Å². The lowest BCUT2D eigenvalue weighted by molar-refractivity contribution is -0.136. The molecule has 0 atom stereocenters. The molecule has 3 amide bonds. The van der Waals surface area contributed by atoms with E-state index in [1.165, 1.54) is 6.08 Å². The number of nitrogens with one attached hydrogen (secondary N) is 4. The van der Waals surface area contributed by atoms with Crippen molar-refractivity contribution in [3.05, 3.63) is 69.3 Å². The number of carbonyl (C=O) groups is 3. The van der Waals surface area contributed by atoms with Crippen LogP contribution in [0.5, 0.6) is 0 Å². The Morgan fingerprint density at radius 1 is 0.862 bits per heavy atom. The number of hydrogen-bond donors (Lipinski definition) is 4. The zero-order chi connectivity index (χ0) is 21.6. The van der Waals surface area contributed by atoms with Crippen molar-refractivity contribution >= 4 is 52.3 Å². The van der Waals surface area contributed by atoms with E-state index in [0.29, 0.717) is 27.1 Å². The molecule has 9 heteroatoms. The van der Waals surface area contributed by atoms with Gasteiger partial charge in [-0.3, -0.25) is 19.8 Å². The van der Waals surface area contributed by atoms with E-state index in [1.807, 2.05) is 13.8 Å². The van der Waals surface area contributed by atoms with Gasteiger partial charge in [0.1, 0.15) is 0 Å². The van der Waals surface area contributed by atoms with Crippen molar-refractivity contribution < 1.29 is 14.4 Å². The molecule has 0 spiro atoms. The summed E-state index contributed by atoms with van der Waals surface area (Å²) in [6, 6.07) is 10.0. The molecular formula is C20H20Cl2N4O3. The van der Waals surface area contributed by atoms with Gasteiger partial charge in [0.2, 0.25) is 5.91 Å². The number of rotatable bonds is 5. The van der Waals surface area contributed by atoms with Crippen molar-refractivity contribution in [3.63, 3.8) is 0 Å². The van der Waals surface area contributed by atoms with Crippen LogP contribution in [0.4, 0.5) is 11.4 Å². The molecular weight excluding hydrogens is 415 g/mol. The second-order valence-electron chi connectivity index (χ2n) is 6.27. The van der Waals surface area contributed by atoms with E-state index in [1.54, 1.807) is 43.3 Å². The van der Waals surface area contributed by atoms with Crippen LogP contribution in [0.15, 0.2) is 48.2 Å². The highest BCUT2D eigenvalue weighted by Gasteiger charge is 2.14. The molecule has 0 fully saturated rings. The van der Waals surface area contributed by atoms with E-state index in [0.717, 1.165) is 11.1 Å². The maximum Gasteiger partial charge on any atom is 0.327 e. The van der Waals surface area contributed by atoms with E-state index >= 15 is 0 Å². The van der Waals surface area contributed by atoms with Crippen molar-refractivity contribution in [2.45, 2.75) is 20.8 Å². The summed E-state index contributed by atoms with van der Waals surface area (Å²) in [5, 5.41) is 6.09. The molecule has 4 N–H and O–H groups in total.